The number of hydrogen-bond acceptors (Lipinski definition) is 1. The lowest BCUT2D eigenvalue weighted by Crippen LogP contribution is -2.44. The number of aliphatic hydroxyl groups excluding tert-OH is 1. The van der Waals surface area contributed by atoms with Crippen LogP contribution in [0, 0.1) is 22.7 Å². The number of fused-ring (bicyclic) bond motifs is 2. The van der Waals surface area contributed by atoms with Crippen LogP contribution in [0.3, 0.4) is 0 Å². The first-order chi connectivity index (χ1) is 9.78. The Morgan fingerprint density at radius 1 is 1.14 bits per heavy atom. The van der Waals surface area contributed by atoms with Crippen LogP contribution in [0.2, 0.25) is 0 Å². The second-order valence-electron chi connectivity index (χ2n) is 8.69. The van der Waals surface area contributed by atoms with Crippen LogP contribution in [0.5, 0.6) is 0 Å². The number of aliphatic hydroxyl groups is 1. The van der Waals surface area contributed by atoms with Gasteiger partial charge >= 0.3 is 0 Å². The topological polar surface area (TPSA) is 20.2 Å². The molecule has 0 saturated heterocycles. The van der Waals surface area contributed by atoms with Gasteiger partial charge in [-0.25, -0.2) is 0 Å². The second-order valence-corrected chi connectivity index (χ2v) is 8.69. The predicted molar refractivity (Wildman–Crippen MR) is 89.0 cm³/mol. The first-order valence-electron chi connectivity index (χ1n) is 8.86. The minimum Gasteiger partial charge on any atom is -0.393 e. The Balaban J connectivity index is 2.02. The summed E-state index contributed by atoms with van der Waals surface area (Å²) in [6.07, 6.45) is 7.95. The predicted octanol–water partition coefficient (Wildman–Crippen LogP) is 5.26. The third-order valence-corrected chi connectivity index (χ3v) is 7.12. The van der Waals surface area contributed by atoms with Crippen molar-refractivity contribution in [2.24, 2.45) is 22.7 Å². The van der Waals surface area contributed by atoms with Crippen LogP contribution in [-0.4, -0.2) is 11.2 Å². The molecule has 2 saturated carbocycles. The SMILES string of the molecule is C=C1CC[C@H](O)[C@]2(C)CCC3=C(C(C)C)CC[C@@]3(C)C[C@@H]12. The fourth-order valence-electron chi connectivity index (χ4n) is 5.51. The van der Waals surface area contributed by atoms with Crippen molar-refractivity contribution < 1.29 is 5.11 Å². The summed E-state index contributed by atoms with van der Waals surface area (Å²) in [5.41, 5.74) is 5.29. The molecule has 3 rings (SSSR count). The molecule has 4 atom stereocenters. The van der Waals surface area contributed by atoms with Gasteiger partial charge in [-0.15, -0.1) is 0 Å². The minimum atomic E-state index is -0.140. The zero-order chi connectivity index (χ0) is 15.4. The molecule has 0 aliphatic heterocycles. The fourth-order valence-corrected chi connectivity index (χ4v) is 5.51. The molecule has 1 nitrogen and oxygen atoms in total. The molecule has 0 aromatic rings. The molecular formula is C20H32O. The van der Waals surface area contributed by atoms with Crippen LogP contribution in [0.15, 0.2) is 23.3 Å². The van der Waals surface area contributed by atoms with E-state index in [1.54, 1.807) is 11.1 Å². The summed E-state index contributed by atoms with van der Waals surface area (Å²) in [6.45, 7) is 13.9. The van der Waals surface area contributed by atoms with Gasteiger partial charge in [0, 0.05) is 5.41 Å². The van der Waals surface area contributed by atoms with Gasteiger partial charge in [0.2, 0.25) is 0 Å². The Hall–Kier alpha value is -0.560. The van der Waals surface area contributed by atoms with Crippen LogP contribution in [-0.2, 0) is 0 Å². The molecule has 0 radical (unpaired) electrons. The molecule has 2 fully saturated rings. The molecule has 1 heteroatoms. The Bertz CT molecular complexity index is 486. The highest BCUT2D eigenvalue weighted by Crippen LogP contribution is 2.60. The van der Waals surface area contributed by atoms with Gasteiger partial charge in [-0.2, -0.15) is 0 Å². The summed E-state index contributed by atoms with van der Waals surface area (Å²) in [4.78, 5) is 0. The van der Waals surface area contributed by atoms with Crippen LogP contribution >= 0.6 is 0 Å². The summed E-state index contributed by atoms with van der Waals surface area (Å²) in [7, 11) is 0. The lowest BCUT2D eigenvalue weighted by molar-refractivity contribution is -0.0291. The van der Waals surface area contributed by atoms with Gasteiger partial charge in [0.15, 0.2) is 0 Å². The molecule has 1 N–H and O–H groups in total. The number of hydrogen-bond donors (Lipinski definition) is 1. The van der Waals surface area contributed by atoms with E-state index in [4.69, 9.17) is 0 Å². The van der Waals surface area contributed by atoms with Crippen molar-refractivity contribution >= 4 is 0 Å². The third-order valence-electron chi connectivity index (χ3n) is 7.12. The van der Waals surface area contributed by atoms with Crippen LogP contribution in [0.25, 0.3) is 0 Å². The molecule has 0 aromatic carbocycles. The van der Waals surface area contributed by atoms with Crippen LogP contribution < -0.4 is 0 Å². The molecule has 0 spiro atoms. The van der Waals surface area contributed by atoms with E-state index in [1.165, 1.54) is 31.3 Å². The van der Waals surface area contributed by atoms with E-state index >= 15 is 0 Å². The summed E-state index contributed by atoms with van der Waals surface area (Å²) in [6, 6.07) is 0. The van der Waals surface area contributed by atoms with E-state index in [-0.39, 0.29) is 11.5 Å². The molecule has 0 aromatic heterocycles. The van der Waals surface area contributed by atoms with E-state index in [9.17, 15) is 5.11 Å². The average molecular weight is 288 g/mol. The van der Waals surface area contributed by atoms with Crippen molar-refractivity contribution in [3.8, 4) is 0 Å². The average Bonchev–Trinajstić information content (AvgIpc) is 2.69. The zero-order valence-corrected chi connectivity index (χ0v) is 14.3. The standard InChI is InChI=1S/C20H32O/c1-13(2)15-8-10-19(4)12-17-14(3)6-7-18(21)20(17,5)11-9-16(15)19/h13,17-18,21H,3,6-12H2,1-2,4-5H3/t17-,18-,19-,20+/m0/s1. The van der Waals surface area contributed by atoms with Gasteiger partial charge in [-0.1, -0.05) is 51.0 Å². The van der Waals surface area contributed by atoms with Gasteiger partial charge in [0.25, 0.3) is 0 Å². The number of allylic oxidation sites excluding steroid dienone is 3. The van der Waals surface area contributed by atoms with Gasteiger partial charge in [-0.05, 0) is 62.2 Å². The second kappa shape index (κ2) is 4.98. The zero-order valence-electron chi connectivity index (χ0n) is 14.3. The van der Waals surface area contributed by atoms with E-state index in [0.29, 0.717) is 17.3 Å². The fraction of sp³-hybridized carbons (Fsp3) is 0.800. The van der Waals surface area contributed by atoms with E-state index < -0.39 is 0 Å². The molecular weight excluding hydrogens is 256 g/mol. The molecule has 118 valence electrons. The van der Waals surface area contributed by atoms with Crippen molar-refractivity contribution in [2.45, 2.75) is 78.7 Å². The smallest absolute Gasteiger partial charge is 0.0602 e. The molecule has 21 heavy (non-hydrogen) atoms. The third kappa shape index (κ3) is 2.23. The number of rotatable bonds is 1. The lowest BCUT2D eigenvalue weighted by Gasteiger charge is -2.47. The van der Waals surface area contributed by atoms with E-state index in [2.05, 4.69) is 34.3 Å². The van der Waals surface area contributed by atoms with E-state index in [1.807, 2.05) is 0 Å². The maximum Gasteiger partial charge on any atom is 0.0602 e. The first kappa shape index (κ1) is 15.3. The highest BCUT2D eigenvalue weighted by Gasteiger charge is 2.51. The van der Waals surface area contributed by atoms with Crippen molar-refractivity contribution in [3.63, 3.8) is 0 Å². The van der Waals surface area contributed by atoms with Gasteiger partial charge in [0.1, 0.15) is 0 Å². The van der Waals surface area contributed by atoms with Gasteiger partial charge < -0.3 is 5.11 Å². The molecule has 0 unspecified atom stereocenters. The Labute approximate surface area is 130 Å². The summed E-state index contributed by atoms with van der Waals surface area (Å²) < 4.78 is 0. The van der Waals surface area contributed by atoms with Crippen molar-refractivity contribution in [1.29, 1.82) is 0 Å². The van der Waals surface area contributed by atoms with E-state index in [0.717, 1.165) is 19.3 Å². The van der Waals surface area contributed by atoms with Crippen molar-refractivity contribution in [3.05, 3.63) is 23.3 Å². The summed E-state index contributed by atoms with van der Waals surface area (Å²) >= 11 is 0. The maximum absolute atomic E-state index is 10.7. The highest BCUT2D eigenvalue weighted by molar-refractivity contribution is 5.32. The van der Waals surface area contributed by atoms with Crippen LogP contribution in [0.1, 0.15) is 72.6 Å². The summed E-state index contributed by atoms with van der Waals surface area (Å²) in [5, 5.41) is 10.7. The highest BCUT2D eigenvalue weighted by atomic mass is 16.3. The largest absolute Gasteiger partial charge is 0.393 e. The molecule has 0 bridgehead atoms. The lowest BCUT2D eigenvalue weighted by atomic mass is 9.60. The summed E-state index contributed by atoms with van der Waals surface area (Å²) in [5.74, 6) is 1.19. The first-order valence-corrected chi connectivity index (χ1v) is 8.86. The monoisotopic (exact) mass is 288 g/mol. The van der Waals surface area contributed by atoms with Crippen molar-refractivity contribution in [1.82, 2.24) is 0 Å². The van der Waals surface area contributed by atoms with Gasteiger partial charge in [0.05, 0.1) is 6.10 Å². The Morgan fingerprint density at radius 3 is 2.52 bits per heavy atom. The minimum absolute atomic E-state index is 0.0533. The Morgan fingerprint density at radius 2 is 1.86 bits per heavy atom. The Kier molecular flexibility index (Phi) is 3.64. The molecule has 3 aliphatic carbocycles. The van der Waals surface area contributed by atoms with Gasteiger partial charge in [-0.3, -0.25) is 0 Å². The quantitative estimate of drug-likeness (QED) is 0.653. The molecule has 0 amide bonds. The normalized spacial score (nSPS) is 43.8. The molecule has 0 heterocycles. The van der Waals surface area contributed by atoms with Crippen LogP contribution in [0.4, 0.5) is 0 Å². The molecule has 3 aliphatic rings. The van der Waals surface area contributed by atoms with Crippen molar-refractivity contribution in [2.75, 3.05) is 0 Å². The maximum atomic E-state index is 10.7.